The van der Waals surface area contributed by atoms with Gasteiger partial charge in [0.15, 0.2) is 17.3 Å². The molecule has 0 aliphatic rings. The highest BCUT2D eigenvalue weighted by molar-refractivity contribution is 6.14. The third-order valence-electron chi connectivity index (χ3n) is 3.89. The lowest BCUT2D eigenvalue weighted by Crippen LogP contribution is -2.03. The van der Waals surface area contributed by atoms with E-state index in [0.29, 0.717) is 11.1 Å². The molecule has 0 aliphatic heterocycles. The number of carbonyl (C=O) groups excluding carboxylic acids is 1. The van der Waals surface area contributed by atoms with Gasteiger partial charge in [0, 0.05) is 5.56 Å². The molecule has 0 radical (unpaired) electrons. The predicted molar refractivity (Wildman–Crippen MR) is 96.9 cm³/mol. The minimum Gasteiger partial charge on any atom is -0.493 e. The molecule has 0 aromatic heterocycles. The Morgan fingerprint density at radius 1 is 1.00 bits per heavy atom. The van der Waals surface area contributed by atoms with Gasteiger partial charge in [-0.05, 0) is 34.5 Å². The van der Waals surface area contributed by atoms with E-state index in [0.717, 1.165) is 10.8 Å². The van der Waals surface area contributed by atoms with E-state index in [9.17, 15) is 13.6 Å². The first-order valence-corrected chi connectivity index (χ1v) is 7.91. The first-order chi connectivity index (χ1) is 12.6. The SMILES string of the molecule is COc1cc(/C=C/C(=O)c2cccc3ccccc23)ccc1OC(F)F. The van der Waals surface area contributed by atoms with Crippen LogP contribution in [0.2, 0.25) is 0 Å². The summed E-state index contributed by atoms with van der Waals surface area (Å²) in [7, 11) is 1.36. The Morgan fingerprint density at radius 3 is 2.54 bits per heavy atom. The molecular weight excluding hydrogens is 338 g/mol. The molecule has 3 nitrogen and oxygen atoms in total. The fourth-order valence-corrected chi connectivity index (χ4v) is 2.68. The van der Waals surface area contributed by atoms with Crippen molar-refractivity contribution in [3.8, 4) is 11.5 Å². The predicted octanol–water partition coefficient (Wildman–Crippen LogP) is 5.35. The molecule has 0 heterocycles. The number of ketones is 1. The van der Waals surface area contributed by atoms with Crippen LogP contribution in [0, 0.1) is 0 Å². The van der Waals surface area contributed by atoms with Crippen LogP contribution in [0.5, 0.6) is 11.5 Å². The summed E-state index contributed by atoms with van der Waals surface area (Å²) in [4.78, 5) is 12.6. The highest BCUT2D eigenvalue weighted by atomic mass is 19.3. The minimum atomic E-state index is -2.93. The summed E-state index contributed by atoms with van der Waals surface area (Å²) >= 11 is 0. The fraction of sp³-hybridized carbons (Fsp3) is 0.0952. The standard InChI is InChI=1S/C21H16F2O3/c1-25-20-13-14(10-12-19(20)26-21(22)23)9-11-18(24)17-8-4-6-15-5-2-3-7-16(15)17/h2-13,21H,1H3/b11-9+. The van der Waals surface area contributed by atoms with E-state index in [1.807, 2.05) is 36.4 Å². The number of allylic oxidation sites excluding steroid dienone is 1. The van der Waals surface area contributed by atoms with Crippen LogP contribution in [0.25, 0.3) is 16.8 Å². The molecule has 0 fully saturated rings. The van der Waals surface area contributed by atoms with Crippen molar-refractivity contribution in [3.05, 3.63) is 77.9 Å². The number of carbonyl (C=O) groups is 1. The second-order valence-corrected chi connectivity index (χ2v) is 5.51. The molecule has 0 saturated heterocycles. The molecule has 0 atom stereocenters. The molecule has 0 aliphatic carbocycles. The Hall–Kier alpha value is -3.21. The van der Waals surface area contributed by atoms with Gasteiger partial charge in [-0.15, -0.1) is 0 Å². The van der Waals surface area contributed by atoms with E-state index in [4.69, 9.17) is 4.74 Å². The lowest BCUT2D eigenvalue weighted by atomic mass is 10.0. The zero-order valence-corrected chi connectivity index (χ0v) is 14.0. The second kappa shape index (κ2) is 7.78. The van der Waals surface area contributed by atoms with E-state index >= 15 is 0 Å². The van der Waals surface area contributed by atoms with Gasteiger partial charge in [0.05, 0.1) is 7.11 Å². The molecule has 0 unspecified atom stereocenters. The van der Waals surface area contributed by atoms with Gasteiger partial charge in [-0.3, -0.25) is 4.79 Å². The smallest absolute Gasteiger partial charge is 0.387 e. The van der Waals surface area contributed by atoms with Crippen LogP contribution in [0.1, 0.15) is 15.9 Å². The fourth-order valence-electron chi connectivity index (χ4n) is 2.68. The molecule has 0 N–H and O–H groups in total. The topological polar surface area (TPSA) is 35.5 Å². The summed E-state index contributed by atoms with van der Waals surface area (Å²) in [5, 5.41) is 1.87. The molecule has 132 valence electrons. The van der Waals surface area contributed by atoms with Gasteiger partial charge in [0.25, 0.3) is 0 Å². The van der Waals surface area contributed by atoms with Gasteiger partial charge < -0.3 is 9.47 Å². The maximum absolute atomic E-state index is 12.6. The number of fused-ring (bicyclic) bond motifs is 1. The molecular formula is C21H16F2O3. The van der Waals surface area contributed by atoms with Crippen LogP contribution in [0.3, 0.4) is 0 Å². The number of hydrogen-bond donors (Lipinski definition) is 0. The molecule has 3 aromatic rings. The molecule has 0 spiro atoms. The minimum absolute atomic E-state index is 0.0555. The quantitative estimate of drug-likeness (QED) is 0.442. The van der Waals surface area contributed by atoms with E-state index in [-0.39, 0.29) is 17.3 Å². The van der Waals surface area contributed by atoms with Crippen molar-refractivity contribution in [2.24, 2.45) is 0 Å². The largest absolute Gasteiger partial charge is 0.493 e. The van der Waals surface area contributed by atoms with Gasteiger partial charge >= 0.3 is 6.61 Å². The molecule has 0 bridgehead atoms. The first kappa shape index (κ1) is 17.6. The van der Waals surface area contributed by atoms with Gasteiger partial charge in [0.1, 0.15) is 0 Å². The lowest BCUT2D eigenvalue weighted by molar-refractivity contribution is -0.0512. The van der Waals surface area contributed by atoms with Crippen LogP contribution < -0.4 is 9.47 Å². The number of methoxy groups -OCH3 is 1. The van der Waals surface area contributed by atoms with Gasteiger partial charge in [-0.2, -0.15) is 8.78 Å². The Labute approximate surface area is 149 Å². The van der Waals surface area contributed by atoms with Gasteiger partial charge in [-0.25, -0.2) is 0 Å². The molecule has 3 aromatic carbocycles. The maximum atomic E-state index is 12.6. The van der Waals surface area contributed by atoms with Gasteiger partial charge in [0.2, 0.25) is 0 Å². The Balaban J connectivity index is 1.86. The van der Waals surface area contributed by atoms with Gasteiger partial charge in [-0.1, -0.05) is 54.6 Å². The second-order valence-electron chi connectivity index (χ2n) is 5.51. The summed E-state index contributed by atoms with van der Waals surface area (Å²) in [5.41, 5.74) is 1.24. The molecule has 0 amide bonds. The zero-order valence-electron chi connectivity index (χ0n) is 14.0. The summed E-state index contributed by atoms with van der Waals surface area (Å²) in [6, 6.07) is 17.7. The van der Waals surface area contributed by atoms with Crippen molar-refractivity contribution < 1.29 is 23.0 Å². The third kappa shape index (κ3) is 3.88. The Bertz CT molecular complexity index is 959. The van der Waals surface area contributed by atoms with E-state index < -0.39 is 6.61 Å². The van der Waals surface area contributed by atoms with E-state index in [1.54, 1.807) is 18.2 Å². The third-order valence-corrected chi connectivity index (χ3v) is 3.89. The molecule has 26 heavy (non-hydrogen) atoms. The molecule has 5 heteroatoms. The summed E-state index contributed by atoms with van der Waals surface area (Å²) in [6.07, 6.45) is 3.06. The zero-order chi connectivity index (χ0) is 18.5. The van der Waals surface area contributed by atoms with Crippen LogP contribution >= 0.6 is 0 Å². The highest BCUT2D eigenvalue weighted by Crippen LogP contribution is 2.30. The maximum Gasteiger partial charge on any atom is 0.387 e. The summed E-state index contributed by atoms with van der Waals surface area (Å²) < 4.78 is 34.2. The highest BCUT2D eigenvalue weighted by Gasteiger charge is 2.11. The normalized spacial score (nSPS) is 11.2. The Morgan fingerprint density at radius 2 is 1.77 bits per heavy atom. The number of hydrogen-bond acceptors (Lipinski definition) is 3. The summed E-state index contributed by atoms with van der Waals surface area (Å²) in [5.74, 6) is -0.0289. The molecule has 3 rings (SSSR count). The molecule has 0 saturated carbocycles. The Kier molecular flexibility index (Phi) is 5.27. The van der Waals surface area contributed by atoms with Crippen molar-refractivity contribution in [1.29, 1.82) is 0 Å². The average Bonchev–Trinajstić information content (AvgIpc) is 2.66. The van der Waals surface area contributed by atoms with Crippen LogP contribution in [-0.2, 0) is 0 Å². The monoisotopic (exact) mass is 354 g/mol. The van der Waals surface area contributed by atoms with Crippen molar-refractivity contribution in [2.45, 2.75) is 6.61 Å². The summed E-state index contributed by atoms with van der Waals surface area (Å²) in [6.45, 7) is -2.93. The number of rotatable bonds is 6. The van der Waals surface area contributed by atoms with Crippen molar-refractivity contribution in [3.63, 3.8) is 0 Å². The van der Waals surface area contributed by atoms with Crippen molar-refractivity contribution >= 4 is 22.6 Å². The number of ether oxygens (including phenoxy) is 2. The van der Waals surface area contributed by atoms with E-state index in [1.165, 1.54) is 25.3 Å². The first-order valence-electron chi connectivity index (χ1n) is 7.91. The van der Waals surface area contributed by atoms with Crippen LogP contribution in [0.15, 0.2) is 66.7 Å². The number of halogens is 2. The van der Waals surface area contributed by atoms with Crippen LogP contribution in [0.4, 0.5) is 8.78 Å². The van der Waals surface area contributed by atoms with Crippen molar-refractivity contribution in [1.82, 2.24) is 0 Å². The van der Waals surface area contributed by atoms with Crippen LogP contribution in [-0.4, -0.2) is 19.5 Å². The van der Waals surface area contributed by atoms with E-state index in [2.05, 4.69) is 4.74 Å². The lowest BCUT2D eigenvalue weighted by Gasteiger charge is -2.10. The number of benzene rings is 3. The number of alkyl halides is 2. The average molecular weight is 354 g/mol. The van der Waals surface area contributed by atoms with Crippen molar-refractivity contribution in [2.75, 3.05) is 7.11 Å².